The predicted octanol–water partition coefficient (Wildman–Crippen LogP) is 2.41. The van der Waals surface area contributed by atoms with Crippen molar-refractivity contribution in [1.29, 1.82) is 0 Å². The first kappa shape index (κ1) is 17.2. The summed E-state index contributed by atoms with van der Waals surface area (Å²) in [5, 5.41) is 15.2. The second-order valence-electron chi connectivity index (χ2n) is 6.53. The van der Waals surface area contributed by atoms with Crippen molar-refractivity contribution < 1.29 is 9.53 Å². The van der Waals surface area contributed by atoms with Crippen LogP contribution in [0.25, 0.3) is 0 Å². The third-order valence-corrected chi connectivity index (χ3v) is 4.17. The Bertz CT molecular complexity index is 704. The zero-order valence-corrected chi connectivity index (χ0v) is 14.8. The fourth-order valence-corrected chi connectivity index (χ4v) is 2.91. The van der Waals surface area contributed by atoms with Gasteiger partial charge in [-0.2, -0.15) is 5.10 Å². The Morgan fingerprint density at radius 2 is 2.00 bits per heavy atom. The van der Waals surface area contributed by atoms with Gasteiger partial charge in [-0.05, 0) is 38.8 Å². The number of aromatic nitrogens is 4. The van der Waals surface area contributed by atoms with Gasteiger partial charge in [-0.3, -0.25) is 10.00 Å². The van der Waals surface area contributed by atoms with Crippen molar-refractivity contribution in [2.24, 2.45) is 7.05 Å². The van der Waals surface area contributed by atoms with Gasteiger partial charge in [0.15, 0.2) is 5.82 Å². The Morgan fingerprint density at radius 1 is 1.24 bits per heavy atom. The molecule has 3 rings (SSSR count). The lowest BCUT2D eigenvalue weighted by molar-refractivity contribution is 0.194. The van der Waals surface area contributed by atoms with Crippen molar-refractivity contribution in [2.75, 3.05) is 18.4 Å². The van der Waals surface area contributed by atoms with E-state index in [1.807, 2.05) is 31.8 Å². The summed E-state index contributed by atoms with van der Waals surface area (Å²) >= 11 is 0. The summed E-state index contributed by atoms with van der Waals surface area (Å²) in [5.41, 5.74) is 1.11. The van der Waals surface area contributed by atoms with Gasteiger partial charge in [0.1, 0.15) is 0 Å². The van der Waals surface area contributed by atoms with Crippen molar-refractivity contribution >= 4 is 11.8 Å². The molecule has 2 aromatic heterocycles. The van der Waals surface area contributed by atoms with E-state index in [-0.39, 0.29) is 12.1 Å². The Hall–Kier alpha value is -2.64. The van der Waals surface area contributed by atoms with Crippen LogP contribution >= 0.6 is 0 Å². The Balaban J connectivity index is 1.51. The molecule has 0 bridgehead atoms. The van der Waals surface area contributed by atoms with Crippen LogP contribution in [-0.2, 0) is 7.05 Å². The van der Waals surface area contributed by atoms with Crippen LogP contribution in [0, 0.1) is 0 Å². The number of nitrogens with one attached hydrogen (secondary N) is 1. The average molecular weight is 344 g/mol. The number of rotatable bonds is 4. The van der Waals surface area contributed by atoms with Crippen molar-refractivity contribution in [3.63, 3.8) is 0 Å². The molecule has 0 radical (unpaired) electrons. The van der Waals surface area contributed by atoms with Gasteiger partial charge in [-0.25, -0.2) is 4.79 Å². The molecule has 1 N–H and O–H groups in total. The molecule has 1 aliphatic rings. The lowest BCUT2D eigenvalue weighted by Gasteiger charge is -2.31. The second kappa shape index (κ2) is 7.50. The van der Waals surface area contributed by atoms with E-state index in [4.69, 9.17) is 4.74 Å². The molecule has 1 aliphatic heterocycles. The number of hydrogen-bond donors (Lipinski definition) is 1. The highest BCUT2D eigenvalue weighted by Gasteiger charge is 2.25. The third-order valence-electron chi connectivity index (χ3n) is 4.17. The molecule has 1 saturated heterocycles. The van der Waals surface area contributed by atoms with Gasteiger partial charge in [0.2, 0.25) is 5.88 Å². The van der Waals surface area contributed by atoms with Crippen LogP contribution in [0.4, 0.5) is 10.6 Å². The van der Waals surface area contributed by atoms with Gasteiger partial charge in [0.05, 0.1) is 11.8 Å². The average Bonchev–Trinajstić information content (AvgIpc) is 3.03. The van der Waals surface area contributed by atoms with Gasteiger partial charge in [-0.15, -0.1) is 10.2 Å². The molecule has 8 nitrogen and oxygen atoms in total. The molecule has 3 heterocycles. The fourth-order valence-electron chi connectivity index (χ4n) is 2.91. The van der Waals surface area contributed by atoms with Crippen molar-refractivity contribution in [3.8, 4) is 5.88 Å². The molecule has 0 spiro atoms. The molecule has 0 unspecified atom stereocenters. The molecule has 2 aromatic rings. The lowest BCUT2D eigenvalue weighted by Crippen LogP contribution is -2.40. The van der Waals surface area contributed by atoms with Gasteiger partial charge in [-0.1, -0.05) is 0 Å². The quantitative estimate of drug-likeness (QED) is 0.920. The molecule has 0 saturated carbocycles. The second-order valence-corrected chi connectivity index (χ2v) is 6.53. The van der Waals surface area contributed by atoms with Gasteiger partial charge >= 0.3 is 6.03 Å². The molecule has 134 valence electrons. The number of amides is 2. The van der Waals surface area contributed by atoms with Crippen LogP contribution in [-0.4, -0.2) is 50.1 Å². The summed E-state index contributed by atoms with van der Waals surface area (Å²) < 4.78 is 7.26. The van der Waals surface area contributed by atoms with Crippen LogP contribution in [0.2, 0.25) is 0 Å². The minimum atomic E-state index is -0.147. The standard InChI is InChI=1S/C17H24N6O2/c1-12(2)25-16-5-4-15(19-20-16)18-17(24)23-10-6-13(7-11-23)14-8-9-22(3)21-14/h4-5,8-9,12-13H,6-7,10-11H2,1-3H3,(H,18,19,24). The highest BCUT2D eigenvalue weighted by Crippen LogP contribution is 2.26. The lowest BCUT2D eigenvalue weighted by atomic mass is 9.94. The van der Waals surface area contributed by atoms with Crippen LogP contribution in [0.15, 0.2) is 24.4 Å². The fraction of sp³-hybridized carbons (Fsp3) is 0.529. The number of nitrogens with zero attached hydrogens (tertiary/aromatic N) is 5. The van der Waals surface area contributed by atoms with E-state index >= 15 is 0 Å². The van der Waals surface area contributed by atoms with Gasteiger partial charge in [0, 0.05) is 38.3 Å². The molecule has 8 heteroatoms. The largest absolute Gasteiger partial charge is 0.474 e. The summed E-state index contributed by atoms with van der Waals surface area (Å²) in [5.74, 6) is 1.29. The molecule has 0 atom stereocenters. The minimum Gasteiger partial charge on any atom is -0.474 e. The summed E-state index contributed by atoms with van der Waals surface area (Å²) in [6, 6.07) is 5.31. The van der Waals surface area contributed by atoms with E-state index in [1.54, 1.807) is 17.0 Å². The Labute approximate surface area is 147 Å². The topological polar surface area (TPSA) is 85.2 Å². The molecular formula is C17H24N6O2. The first-order chi connectivity index (χ1) is 12.0. The number of aryl methyl sites for hydroxylation is 1. The molecule has 1 fully saturated rings. The Kier molecular flexibility index (Phi) is 5.16. The van der Waals surface area contributed by atoms with E-state index in [0.717, 1.165) is 18.5 Å². The monoisotopic (exact) mass is 344 g/mol. The molecule has 0 aliphatic carbocycles. The normalized spacial score (nSPS) is 15.4. The van der Waals surface area contributed by atoms with Crippen LogP contribution < -0.4 is 10.1 Å². The molecular weight excluding hydrogens is 320 g/mol. The number of hydrogen-bond acceptors (Lipinski definition) is 5. The molecule has 0 aromatic carbocycles. The summed E-state index contributed by atoms with van der Waals surface area (Å²) in [6.07, 6.45) is 3.82. The van der Waals surface area contributed by atoms with E-state index in [9.17, 15) is 4.79 Å². The maximum absolute atomic E-state index is 12.4. The number of ether oxygens (including phenoxy) is 1. The van der Waals surface area contributed by atoms with Crippen LogP contribution in [0.3, 0.4) is 0 Å². The highest BCUT2D eigenvalue weighted by molar-refractivity contribution is 5.88. The van der Waals surface area contributed by atoms with E-state index in [1.165, 1.54) is 0 Å². The maximum Gasteiger partial charge on any atom is 0.323 e. The molecule has 25 heavy (non-hydrogen) atoms. The first-order valence-corrected chi connectivity index (χ1v) is 8.57. The van der Waals surface area contributed by atoms with Gasteiger partial charge in [0.25, 0.3) is 0 Å². The number of carbonyl (C=O) groups excluding carboxylic acids is 1. The first-order valence-electron chi connectivity index (χ1n) is 8.57. The zero-order valence-electron chi connectivity index (χ0n) is 14.8. The minimum absolute atomic E-state index is 0.0372. The van der Waals surface area contributed by atoms with Crippen LogP contribution in [0.1, 0.15) is 38.3 Å². The van der Waals surface area contributed by atoms with Crippen molar-refractivity contribution in [2.45, 2.75) is 38.7 Å². The number of piperidine rings is 1. The van der Waals surface area contributed by atoms with Crippen molar-refractivity contribution in [3.05, 3.63) is 30.1 Å². The Morgan fingerprint density at radius 3 is 2.56 bits per heavy atom. The maximum atomic E-state index is 12.4. The number of carbonyl (C=O) groups is 1. The van der Waals surface area contributed by atoms with E-state index in [2.05, 4.69) is 26.7 Å². The summed E-state index contributed by atoms with van der Waals surface area (Å²) in [7, 11) is 1.92. The highest BCUT2D eigenvalue weighted by atomic mass is 16.5. The SMILES string of the molecule is CC(C)Oc1ccc(NC(=O)N2CCC(c3ccn(C)n3)CC2)nn1. The van der Waals surface area contributed by atoms with Crippen molar-refractivity contribution in [1.82, 2.24) is 24.9 Å². The van der Waals surface area contributed by atoms with E-state index in [0.29, 0.717) is 30.7 Å². The molecule has 2 amide bonds. The third kappa shape index (κ3) is 4.46. The smallest absolute Gasteiger partial charge is 0.323 e. The van der Waals surface area contributed by atoms with Gasteiger partial charge < -0.3 is 9.64 Å². The van der Waals surface area contributed by atoms with Crippen LogP contribution in [0.5, 0.6) is 5.88 Å². The number of anilines is 1. The summed E-state index contributed by atoms with van der Waals surface area (Å²) in [6.45, 7) is 5.25. The number of urea groups is 1. The van der Waals surface area contributed by atoms with E-state index < -0.39 is 0 Å². The predicted molar refractivity (Wildman–Crippen MR) is 93.6 cm³/mol. The number of likely N-dealkylation sites (tertiary alicyclic amines) is 1. The summed E-state index contributed by atoms with van der Waals surface area (Å²) in [4.78, 5) is 14.2. The zero-order chi connectivity index (χ0) is 17.8.